The fraction of sp³-hybridized carbons (Fsp3) is 0.818. The molecule has 17 heavy (non-hydrogen) atoms. The molecule has 0 spiro atoms. The molecule has 4 N–H and O–H groups in total. The minimum absolute atomic E-state index is 0.00430. The number of carbonyl (C=O) groups excluding carboxylic acids is 1. The fourth-order valence-electron chi connectivity index (χ4n) is 2.62. The summed E-state index contributed by atoms with van der Waals surface area (Å²) in [4.78, 5) is 12.0. The molecule has 0 aromatic carbocycles. The zero-order chi connectivity index (χ0) is 12.3. The van der Waals surface area contributed by atoms with Crippen molar-refractivity contribution in [3.8, 4) is 0 Å². The van der Waals surface area contributed by atoms with Crippen molar-refractivity contribution in [2.24, 2.45) is 16.8 Å². The highest BCUT2D eigenvalue weighted by molar-refractivity contribution is 8.00. The summed E-state index contributed by atoms with van der Waals surface area (Å²) >= 11 is 1.73. The first-order chi connectivity index (χ1) is 8.22. The van der Waals surface area contributed by atoms with E-state index in [1.165, 1.54) is 0 Å². The van der Waals surface area contributed by atoms with Crippen molar-refractivity contribution in [2.75, 3.05) is 5.75 Å². The number of thioether (sulfide) groups is 1. The Labute approximate surface area is 105 Å². The van der Waals surface area contributed by atoms with Gasteiger partial charge in [-0.3, -0.25) is 4.79 Å². The highest BCUT2D eigenvalue weighted by Gasteiger charge is 2.34. The molecule has 0 radical (unpaired) electrons. The molecule has 0 bridgehead atoms. The molecule has 3 atom stereocenters. The smallest absolute Gasteiger partial charge is 0.233 e. The van der Waals surface area contributed by atoms with Gasteiger partial charge in [0.25, 0.3) is 0 Å². The van der Waals surface area contributed by atoms with E-state index in [2.05, 4.69) is 10.5 Å². The number of amides is 1. The molecule has 1 amide bonds. The van der Waals surface area contributed by atoms with Gasteiger partial charge in [0.15, 0.2) is 0 Å². The molecule has 96 valence electrons. The van der Waals surface area contributed by atoms with Crippen molar-refractivity contribution in [1.29, 1.82) is 0 Å². The van der Waals surface area contributed by atoms with Crippen LogP contribution in [0.5, 0.6) is 0 Å². The van der Waals surface area contributed by atoms with Crippen molar-refractivity contribution in [2.45, 2.75) is 43.4 Å². The molecule has 1 saturated heterocycles. The van der Waals surface area contributed by atoms with Gasteiger partial charge in [0.05, 0.1) is 5.25 Å². The molecule has 3 unspecified atom stereocenters. The Bertz CT molecular complexity index is 316. The highest BCUT2D eigenvalue weighted by atomic mass is 32.2. The van der Waals surface area contributed by atoms with E-state index in [-0.39, 0.29) is 29.0 Å². The lowest BCUT2D eigenvalue weighted by atomic mass is 10.0. The lowest BCUT2D eigenvalue weighted by Gasteiger charge is -2.21. The summed E-state index contributed by atoms with van der Waals surface area (Å²) in [6, 6.07) is 0.0413. The van der Waals surface area contributed by atoms with Gasteiger partial charge in [-0.1, -0.05) is 11.6 Å². The third-order valence-corrected chi connectivity index (χ3v) is 4.94. The van der Waals surface area contributed by atoms with Crippen LogP contribution in [-0.2, 0) is 4.79 Å². The van der Waals surface area contributed by atoms with Crippen molar-refractivity contribution in [3.05, 3.63) is 0 Å². The first-order valence-corrected chi connectivity index (χ1v) is 7.16. The average Bonchev–Trinajstić information content (AvgIpc) is 2.98. The van der Waals surface area contributed by atoms with Crippen molar-refractivity contribution in [3.63, 3.8) is 0 Å². The first kappa shape index (κ1) is 12.5. The van der Waals surface area contributed by atoms with E-state index < -0.39 is 0 Å². The summed E-state index contributed by atoms with van der Waals surface area (Å²) in [5.74, 6) is 1.43. The number of nitrogens with two attached hydrogens (primary N) is 1. The van der Waals surface area contributed by atoms with Gasteiger partial charge in [0.1, 0.15) is 5.84 Å². The third-order valence-electron chi connectivity index (χ3n) is 3.56. The summed E-state index contributed by atoms with van der Waals surface area (Å²) in [6.45, 7) is 0. The van der Waals surface area contributed by atoms with Crippen molar-refractivity contribution in [1.82, 2.24) is 5.32 Å². The van der Waals surface area contributed by atoms with Crippen LogP contribution in [0.15, 0.2) is 5.16 Å². The topological polar surface area (TPSA) is 87.7 Å². The molecular weight excluding hydrogens is 238 g/mol. The van der Waals surface area contributed by atoms with E-state index in [9.17, 15) is 4.79 Å². The van der Waals surface area contributed by atoms with Gasteiger partial charge in [0.2, 0.25) is 5.91 Å². The normalized spacial score (nSPS) is 33.9. The lowest BCUT2D eigenvalue weighted by Crippen LogP contribution is -2.45. The van der Waals surface area contributed by atoms with Crippen LogP contribution in [0.2, 0.25) is 0 Å². The number of nitrogens with zero attached hydrogens (tertiary/aromatic N) is 1. The number of rotatable bonds is 3. The maximum atomic E-state index is 12.0. The number of oxime groups is 1. The summed E-state index contributed by atoms with van der Waals surface area (Å²) in [6.07, 6.45) is 4.92. The van der Waals surface area contributed by atoms with E-state index in [0.717, 1.165) is 37.9 Å². The summed E-state index contributed by atoms with van der Waals surface area (Å²) < 4.78 is 0. The quantitative estimate of drug-likeness (QED) is 0.303. The van der Waals surface area contributed by atoms with Crippen LogP contribution in [-0.4, -0.2) is 34.0 Å². The van der Waals surface area contributed by atoms with Gasteiger partial charge in [-0.15, -0.1) is 11.8 Å². The Balaban J connectivity index is 1.91. The second-order valence-corrected chi connectivity index (χ2v) is 5.99. The number of hydrogen-bond acceptors (Lipinski definition) is 4. The van der Waals surface area contributed by atoms with Crippen LogP contribution >= 0.6 is 11.8 Å². The van der Waals surface area contributed by atoms with E-state index in [1.54, 1.807) is 11.8 Å². The van der Waals surface area contributed by atoms with Gasteiger partial charge in [-0.25, -0.2) is 0 Å². The molecule has 1 aliphatic heterocycles. The minimum atomic E-state index is -0.00430. The number of hydrogen-bond donors (Lipinski definition) is 3. The first-order valence-electron chi connectivity index (χ1n) is 6.11. The average molecular weight is 257 g/mol. The van der Waals surface area contributed by atoms with E-state index in [0.29, 0.717) is 0 Å². The zero-order valence-electron chi connectivity index (χ0n) is 9.76. The molecule has 1 heterocycles. The molecule has 0 aromatic heterocycles. The van der Waals surface area contributed by atoms with Gasteiger partial charge in [-0.05, 0) is 31.4 Å². The summed E-state index contributed by atoms with van der Waals surface area (Å²) in [5.41, 5.74) is 5.64. The van der Waals surface area contributed by atoms with Crippen LogP contribution in [0.4, 0.5) is 0 Å². The second-order valence-electron chi connectivity index (χ2n) is 4.68. The largest absolute Gasteiger partial charge is 0.409 e. The van der Waals surface area contributed by atoms with Gasteiger partial charge >= 0.3 is 0 Å². The Morgan fingerprint density at radius 3 is 2.82 bits per heavy atom. The maximum Gasteiger partial charge on any atom is 0.233 e. The van der Waals surface area contributed by atoms with Gasteiger partial charge < -0.3 is 16.3 Å². The Morgan fingerprint density at radius 2 is 2.18 bits per heavy atom. The molecule has 6 heteroatoms. The van der Waals surface area contributed by atoms with Crippen LogP contribution in [0.1, 0.15) is 32.1 Å². The maximum absolute atomic E-state index is 12.0. The molecule has 5 nitrogen and oxygen atoms in total. The van der Waals surface area contributed by atoms with Crippen molar-refractivity contribution >= 4 is 23.5 Å². The SMILES string of the molecule is NC(=NO)C1CCCC1NC(=O)C1CCCS1. The molecule has 1 aliphatic carbocycles. The van der Waals surface area contributed by atoms with Gasteiger partial charge in [-0.2, -0.15) is 0 Å². The Hall–Kier alpha value is -0.910. The minimum Gasteiger partial charge on any atom is -0.409 e. The standard InChI is InChI=1S/C11H19N3O2S/c12-10(14-16)7-3-1-4-8(7)13-11(15)9-5-2-6-17-9/h7-9,16H,1-6H2,(H2,12,14)(H,13,15). The molecular formula is C11H19N3O2S. The zero-order valence-corrected chi connectivity index (χ0v) is 10.6. The molecule has 2 rings (SSSR count). The van der Waals surface area contributed by atoms with Crippen LogP contribution < -0.4 is 11.1 Å². The van der Waals surface area contributed by atoms with E-state index >= 15 is 0 Å². The second kappa shape index (κ2) is 5.62. The van der Waals surface area contributed by atoms with Crippen LogP contribution in [0, 0.1) is 5.92 Å². The highest BCUT2D eigenvalue weighted by Crippen LogP contribution is 2.29. The van der Waals surface area contributed by atoms with E-state index in [1.807, 2.05) is 0 Å². The molecule has 2 aliphatic rings. The number of amidine groups is 1. The number of nitrogens with one attached hydrogen (secondary N) is 1. The van der Waals surface area contributed by atoms with Crippen LogP contribution in [0.3, 0.4) is 0 Å². The molecule has 2 fully saturated rings. The summed E-state index contributed by atoms with van der Waals surface area (Å²) in [7, 11) is 0. The third kappa shape index (κ3) is 2.86. The Kier molecular flexibility index (Phi) is 4.15. The van der Waals surface area contributed by atoms with Crippen molar-refractivity contribution < 1.29 is 10.0 Å². The lowest BCUT2D eigenvalue weighted by molar-refractivity contribution is -0.121. The summed E-state index contributed by atoms with van der Waals surface area (Å²) in [5, 5.41) is 14.9. The molecule has 1 saturated carbocycles. The van der Waals surface area contributed by atoms with Crippen LogP contribution in [0.25, 0.3) is 0 Å². The fourth-order valence-corrected chi connectivity index (χ4v) is 3.79. The number of carbonyl (C=O) groups is 1. The van der Waals surface area contributed by atoms with E-state index in [4.69, 9.17) is 10.9 Å². The Morgan fingerprint density at radius 1 is 1.35 bits per heavy atom. The monoisotopic (exact) mass is 257 g/mol. The predicted molar refractivity (Wildman–Crippen MR) is 68.2 cm³/mol. The predicted octanol–water partition coefficient (Wildman–Crippen LogP) is 0.913. The van der Waals surface area contributed by atoms with Gasteiger partial charge in [0, 0.05) is 12.0 Å². The molecule has 0 aromatic rings.